The number of phenols is 1. The van der Waals surface area contributed by atoms with Crippen molar-refractivity contribution in [1.82, 2.24) is 4.98 Å². The molecule has 0 aliphatic heterocycles. The van der Waals surface area contributed by atoms with Gasteiger partial charge < -0.3 is 5.11 Å². The van der Waals surface area contributed by atoms with Gasteiger partial charge in [0.05, 0.1) is 15.2 Å². The van der Waals surface area contributed by atoms with E-state index in [1.54, 1.807) is 23.5 Å². The van der Waals surface area contributed by atoms with E-state index in [9.17, 15) is 5.11 Å². The summed E-state index contributed by atoms with van der Waals surface area (Å²) in [5.74, 6) is 0.304. The Hall–Kier alpha value is -1.87. The van der Waals surface area contributed by atoms with Crippen molar-refractivity contribution in [1.29, 1.82) is 0 Å². The van der Waals surface area contributed by atoms with E-state index in [0.717, 1.165) is 16.9 Å². The molecule has 0 fully saturated rings. The fourth-order valence-electron chi connectivity index (χ4n) is 1.78. The Balaban J connectivity index is 1.92. The molecule has 0 aliphatic rings. The van der Waals surface area contributed by atoms with Crippen LogP contribution in [0.4, 0.5) is 0 Å². The SMILES string of the molecule is Oc1ccc(Cc2nc3ccccc3s2)cc1. The first kappa shape index (κ1) is 10.3. The first-order valence-electron chi connectivity index (χ1n) is 5.43. The van der Waals surface area contributed by atoms with Crippen molar-refractivity contribution in [2.24, 2.45) is 0 Å². The molecule has 0 radical (unpaired) electrons. The van der Waals surface area contributed by atoms with Crippen LogP contribution in [0.25, 0.3) is 10.2 Å². The molecule has 3 rings (SSSR count). The maximum atomic E-state index is 9.22. The predicted molar refractivity (Wildman–Crippen MR) is 70.5 cm³/mol. The smallest absolute Gasteiger partial charge is 0.115 e. The summed E-state index contributed by atoms with van der Waals surface area (Å²) >= 11 is 1.72. The third kappa shape index (κ3) is 2.15. The highest BCUT2D eigenvalue weighted by molar-refractivity contribution is 7.18. The van der Waals surface area contributed by atoms with Crippen molar-refractivity contribution < 1.29 is 5.11 Å². The number of para-hydroxylation sites is 1. The number of aromatic nitrogens is 1. The second kappa shape index (κ2) is 4.18. The maximum Gasteiger partial charge on any atom is 0.115 e. The molecule has 1 N–H and O–H groups in total. The van der Waals surface area contributed by atoms with Crippen LogP contribution in [-0.4, -0.2) is 10.1 Å². The lowest BCUT2D eigenvalue weighted by molar-refractivity contribution is 0.475. The summed E-state index contributed by atoms with van der Waals surface area (Å²) in [6.45, 7) is 0. The number of fused-ring (bicyclic) bond motifs is 1. The van der Waals surface area contributed by atoms with Crippen LogP contribution < -0.4 is 0 Å². The fourth-order valence-corrected chi connectivity index (χ4v) is 2.79. The first-order valence-corrected chi connectivity index (χ1v) is 6.25. The zero-order valence-electron chi connectivity index (χ0n) is 9.13. The van der Waals surface area contributed by atoms with Crippen molar-refractivity contribution in [3.63, 3.8) is 0 Å². The topological polar surface area (TPSA) is 33.1 Å². The molecule has 0 spiro atoms. The van der Waals surface area contributed by atoms with Crippen LogP contribution in [0.2, 0.25) is 0 Å². The number of aromatic hydroxyl groups is 1. The lowest BCUT2D eigenvalue weighted by atomic mass is 10.1. The zero-order valence-corrected chi connectivity index (χ0v) is 9.95. The monoisotopic (exact) mass is 241 g/mol. The lowest BCUT2D eigenvalue weighted by Gasteiger charge is -1.97. The molecule has 3 aromatic rings. The van der Waals surface area contributed by atoms with Gasteiger partial charge in [0.1, 0.15) is 5.75 Å². The normalized spacial score (nSPS) is 10.8. The lowest BCUT2D eigenvalue weighted by Crippen LogP contribution is -1.85. The Morgan fingerprint density at radius 2 is 1.76 bits per heavy atom. The van der Waals surface area contributed by atoms with Crippen molar-refractivity contribution in [2.75, 3.05) is 0 Å². The third-order valence-corrected chi connectivity index (χ3v) is 3.67. The molecule has 0 saturated heterocycles. The van der Waals surface area contributed by atoms with Gasteiger partial charge in [0, 0.05) is 6.42 Å². The number of rotatable bonds is 2. The highest BCUT2D eigenvalue weighted by Gasteiger charge is 2.03. The quantitative estimate of drug-likeness (QED) is 0.743. The van der Waals surface area contributed by atoms with Gasteiger partial charge >= 0.3 is 0 Å². The van der Waals surface area contributed by atoms with E-state index in [-0.39, 0.29) is 0 Å². The van der Waals surface area contributed by atoms with Crippen LogP contribution in [0, 0.1) is 0 Å². The molecule has 84 valence electrons. The molecule has 0 bridgehead atoms. The molecule has 0 saturated carbocycles. The average molecular weight is 241 g/mol. The molecule has 17 heavy (non-hydrogen) atoms. The van der Waals surface area contributed by atoms with Crippen LogP contribution in [0.15, 0.2) is 48.5 Å². The van der Waals surface area contributed by atoms with E-state index in [2.05, 4.69) is 11.1 Å². The van der Waals surface area contributed by atoms with Gasteiger partial charge in [0.15, 0.2) is 0 Å². The Morgan fingerprint density at radius 3 is 2.53 bits per heavy atom. The molecule has 3 heteroatoms. The van der Waals surface area contributed by atoms with Crippen LogP contribution in [0.1, 0.15) is 10.6 Å². The fraction of sp³-hybridized carbons (Fsp3) is 0.0714. The molecular formula is C14H11NOS. The number of benzene rings is 2. The van der Waals surface area contributed by atoms with E-state index in [1.807, 2.05) is 30.3 Å². The van der Waals surface area contributed by atoms with E-state index in [1.165, 1.54) is 10.3 Å². The minimum absolute atomic E-state index is 0.304. The van der Waals surface area contributed by atoms with Crippen molar-refractivity contribution in [3.05, 3.63) is 59.1 Å². The third-order valence-electron chi connectivity index (χ3n) is 2.63. The molecule has 1 aromatic heterocycles. The first-order chi connectivity index (χ1) is 8.31. The van der Waals surface area contributed by atoms with Crippen LogP contribution in [-0.2, 0) is 6.42 Å². The second-order valence-corrected chi connectivity index (χ2v) is 5.03. The van der Waals surface area contributed by atoms with E-state index < -0.39 is 0 Å². The summed E-state index contributed by atoms with van der Waals surface area (Å²) in [6.07, 6.45) is 0.819. The second-order valence-electron chi connectivity index (χ2n) is 3.92. The molecule has 2 aromatic carbocycles. The summed E-state index contributed by atoms with van der Waals surface area (Å²) in [5.41, 5.74) is 2.23. The van der Waals surface area contributed by atoms with Crippen LogP contribution >= 0.6 is 11.3 Å². The van der Waals surface area contributed by atoms with Gasteiger partial charge in [-0.05, 0) is 29.8 Å². The van der Waals surface area contributed by atoms with Gasteiger partial charge in [-0.15, -0.1) is 11.3 Å². The maximum absolute atomic E-state index is 9.22. The summed E-state index contributed by atoms with van der Waals surface area (Å²) in [4.78, 5) is 4.59. The van der Waals surface area contributed by atoms with Crippen LogP contribution in [0.3, 0.4) is 0 Å². The summed E-state index contributed by atoms with van der Waals surface area (Å²) in [6, 6.07) is 15.4. The minimum atomic E-state index is 0.304. The highest BCUT2D eigenvalue weighted by atomic mass is 32.1. The van der Waals surface area contributed by atoms with Crippen LogP contribution in [0.5, 0.6) is 5.75 Å². The summed E-state index contributed by atoms with van der Waals surface area (Å²) in [5, 5.41) is 10.3. The number of nitrogens with zero attached hydrogens (tertiary/aromatic N) is 1. The Bertz CT molecular complexity index is 610. The standard InChI is InChI=1S/C14H11NOS/c16-11-7-5-10(6-8-11)9-14-15-12-3-1-2-4-13(12)17-14/h1-8,16H,9H2. The number of thiazole rings is 1. The van der Waals surface area contributed by atoms with E-state index >= 15 is 0 Å². The summed E-state index contributed by atoms with van der Waals surface area (Å²) in [7, 11) is 0. The van der Waals surface area contributed by atoms with Crippen molar-refractivity contribution in [3.8, 4) is 5.75 Å². The minimum Gasteiger partial charge on any atom is -0.508 e. The number of phenolic OH excluding ortho intramolecular Hbond substituents is 1. The Morgan fingerprint density at radius 1 is 1.00 bits per heavy atom. The Kier molecular flexibility index (Phi) is 2.53. The van der Waals surface area contributed by atoms with Gasteiger partial charge in [-0.25, -0.2) is 4.98 Å². The number of hydrogen-bond acceptors (Lipinski definition) is 3. The van der Waals surface area contributed by atoms with E-state index in [0.29, 0.717) is 5.75 Å². The number of hydrogen-bond donors (Lipinski definition) is 1. The highest BCUT2D eigenvalue weighted by Crippen LogP contribution is 2.24. The molecule has 2 nitrogen and oxygen atoms in total. The van der Waals surface area contributed by atoms with Gasteiger partial charge in [-0.2, -0.15) is 0 Å². The summed E-state index contributed by atoms with van der Waals surface area (Å²) < 4.78 is 1.22. The largest absolute Gasteiger partial charge is 0.508 e. The average Bonchev–Trinajstić information content (AvgIpc) is 2.74. The predicted octanol–water partition coefficient (Wildman–Crippen LogP) is 3.59. The Labute approximate surface area is 103 Å². The van der Waals surface area contributed by atoms with Gasteiger partial charge in [0.25, 0.3) is 0 Å². The molecule has 1 heterocycles. The molecule has 0 atom stereocenters. The molecular weight excluding hydrogens is 230 g/mol. The van der Waals surface area contributed by atoms with Gasteiger partial charge in [0.2, 0.25) is 0 Å². The van der Waals surface area contributed by atoms with Gasteiger partial charge in [-0.1, -0.05) is 24.3 Å². The molecule has 0 unspecified atom stereocenters. The van der Waals surface area contributed by atoms with Gasteiger partial charge in [-0.3, -0.25) is 0 Å². The molecule has 0 aliphatic carbocycles. The van der Waals surface area contributed by atoms with Crippen molar-refractivity contribution >= 4 is 21.6 Å². The van der Waals surface area contributed by atoms with Crippen molar-refractivity contribution in [2.45, 2.75) is 6.42 Å². The van der Waals surface area contributed by atoms with E-state index in [4.69, 9.17) is 0 Å². The zero-order chi connectivity index (χ0) is 11.7. The molecule has 0 amide bonds.